The monoisotopic (exact) mass is 407 g/mol. The molecule has 1 atom stereocenters. The third kappa shape index (κ3) is 4.50. The van der Waals surface area contributed by atoms with Crippen LogP contribution in [0.25, 0.3) is 10.9 Å². The Balaban J connectivity index is 1.24. The number of hydrogen-bond donors (Lipinski definition) is 2. The van der Waals surface area contributed by atoms with Crippen LogP contribution in [0.4, 0.5) is 0 Å². The summed E-state index contributed by atoms with van der Waals surface area (Å²) in [7, 11) is 1.99. The van der Waals surface area contributed by atoms with Crippen molar-refractivity contribution in [3.63, 3.8) is 0 Å². The van der Waals surface area contributed by atoms with Crippen molar-refractivity contribution >= 4 is 16.8 Å². The largest absolute Gasteiger partial charge is 0.483 e. The van der Waals surface area contributed by atoms with Crippen molar-refractivity contribution in [2.24, 2.45) is 7.05 Å². The lowest BCUT2D eigenvalue weighted by Gasteiger charge is -2.30. The number of aliphatic hydroxyl groups excluding tert-OH is 1. The van der Waals surface area contributed by atoms with Gasteiger partial charge in [-0.2, -0.15) is 0 Å². The van der Waals surface area contributed by atoms with Crippen LogP contribution in [0.1, 0.15) is 16.7 Å². The number of fused-ring (bicyclic) bond motifs is 2. The van der Waals surface area contributed by atoms with Gasteiger partial charge in [0, 0.05) is 44.8 Å². The van der Waals surface area contributed by atoms with Crippen LogP contribution in [0.5, 0.6) is 5.75 Å². The zero-order chi connectivity index (χ0) is 21.1. The second-order valence-electron chi connectivity index (χ2n) is 8.07. The van der Waals surface area contributed by atoms with Crippen LogP contribution >= 0.6 is 0 Å². The van der Waals surface area contributed by atoms with Gasteiger partial charge in [-0.15, -0.1) is 0 Å². The number of benzene rings is 2. The van der Waals surface area contributed by atoms with Crippen LogP contribution in [0.2, 0.25) is 0 Å². The third-order valence-corrected chi connectivity index (χ3v) is 5.74. The van der Waals surface area contributed by atoms with E-state index in [-0.39, 0.29) is 19.1 Å². The third-order valence-electron chi connectivity index (χ3n) is 5.74. The van der Waals surface area contributed by atoms with Crippen molar-refractivity contribution in [2.45, 2.75) is 26.0 Å². The van der Waals surface area contributed by atoms with Crippen LogP contribution in [0.3, 0.4) is 0 Å². The Morgan fingerprint density at radius 3 is 2.83 bits per heavy atom. The van der Waals surface area contributed by atoms with Crippen LogP contribution in [-0.2, 0) is 24.8 Å². The van der Waals surface area contributed by atoms with E-state index in [0.717, 1.165) is 36.0 Å². The lowest BCUT2D eigenvalue weighted by atomic mass is 10.00. The standard InChI is InChI=1S/C24H29N3O3/c1-17-13-26(2)21-8-5-9-22(24(17)21)30-16-23(29)25-12-20(28)15-27-11-10-18-6-3-4-7-19(18)14-27/h3-9,13,20,28H,10-12,14-16H2,1-2H3,(H,25,29)/t20-/m1/s1. The predicted octanol–water partition coefficient (Wildman–Crippen LogP) is 2.40. The number of hydrogen-bond acceptors (Lipinski definition) is 4. The van der Waals surface area contributed by atoms with Crippen LogP contribution in [0, 0.1) is 6.92 Å². The number of rotatable bonds is 7. The molecule has 1 amide bonds. The molecule has 30 heavy (non-hydrogen) atoms. The van der Waals surface area contributed by atoms with E-state index in [2.05, 4.69) is 34.5 Å². The molecule has 0 saturated heterocycles. The van der Waals surface area contributed by atoms with Gasteiger partial charge in [0.1, 0.15) is 5.75 Å². The molecular formula is C24H29N3O3. The van der Waals surface area contributed by atoms with E-state index in [4.69, 9.17) is 4.74 Å². The fraction of sp³-hybridized carbons (Fsp3) is 0.375. The molecule has 6 heteroatoms. The number of aromatic nitrogens is 1. The molecule has 0 saturated carbocycles. The first-order valence-electron chi connectivity index (χ1n) is 10.4. The summed E-state index contributed by atoms with van der Waals surface area (Å²) < 4.78 is 7.83. The molecule has 0 spiro atoms. The molecule has 158 valence electrons. The zero-order valence-electron chi connectivity index (χ0n) is 17.6. The second-order valence-corrected chi connectivity index (χ2v) is 8.07. The highest BCUT2D eigenvalue weighted by molar-refractivity contribution is 5.90. The highest BCUT2D eigenvalue weighted by atomic mass is 16.5. The maximum absolute atomic E-state index is 12.2. The van der Waals surface area contributed by atoms with Crippen molar-refractivity contribution in [3.05, 3.63) is 65.4 Å². The summed E-state index contributed by atoms with van der Waals surface area (Å²) in [5.74, 6) is 0.469. The first kappa shape index (κ1) is 20.4. The molecule has 0 bridgehead atoms. The van der Waals surface area contributed by atoms with Crippen LogP contribution in [-0.4, -0.2) is 52.8 Å². The van der Waals surface area contributed by atoms with E-state index in [1.54, 1.807) is 0 Å². The van der Waals surface area contributed by atoms with Gasteiger partial charge in [0.25, 0.3) is 5.91 Å². The first-order valence-corrected chi connectivity index (χ1v) is 10.4. The molecule has 0 aliphatic carbocycles. The van der Waals surface area contributed by atoms with Gasteiger partial charge < -0.3 is 19.7 Å². The minimum absolute atomic E-state index is 0.0722. The number of β-amino-alcohol motifs (C(OH)–C–C–N with tert-alkyl or cyclic N) is 1. The SMILES string of the molecule is Cc1cn(C)c2cccc(OCC(=O)NC[C@@H](O)CN3CCc4ccccc4C3)c12. The lowest BCUT2D eigenvalue weighted by Crippen LogP contribution is -2.42. The smallest absolute Gasteiger partial charge is 0.258 e. The molecule has 1 aliphatic rings. The Kier molecular flexibility index (Phi) is 6.06. The molecule has 6 nitrogen and oxygen atoms in total. The lowest BCUT2D eigenvalue weighted by molar-refractivity contribution is -0.123. The predicted molar refractivity (Wildman–Crippen MR) is 118 cm³/mol. The number of nitrogens with zero attached hydrogens (tertiary/aromatic N) is 2. The Morgan fingerprint density at radius 2 is 2.00 bits per heavy atom. The van der Waals surface area contributed by atoms with Gasteiger partial charge in [-0.3, -0.25) is 9.69 Å². The molecule has 0 radical (unpaired) electrons. The average molecular weight is 408 g/mol. The van der Waals surface area contributed by atoms with Crippen LogP contribution in [0.15, 0.2) is 48.7 Å². The van der Waals surface area contributed by atoms with E-state index in [0.29, 0.717) is 12.3 Å². The highest BCUT2D eigenvalue weighted by Crippen LogP contribution is 2.29. The molecular weight excluding hydrogens is 378 g/mol. The molecule has 0 fully saturated rings. The Labute approximate surface area is 177 Å². The summed E-state index contributed by atoms with van der Waals surface area (Å²) >= 11 is 0. The summed E-state index contributed by atoms with van der Waals surface area (Å²) in [6.07, 6.45) is 2.43. The summed E-state index contributed by atoms with van der Waals surface area (Å²) in [5.41, 5.74) is 4.89. The number of carbonyl (C=O) groups is 1. The van der Waals surface area contributed by atoms with Crippen molar-refractivity contribution < 1.29 is 14.6 Å². The number of ether oxygens (including phenoxy) is 1. The number of amides is 1. The van der Waals surface area contributed by atoms with Gasteiger partial charge in [-0.05, 0) is 42.2 Å². The molecule has 1 aliphatic heterocycles. The van der Waals surface area contributed by atoms with E-state index in [9.17, 15) is 9.90 Å². The van der Waals surface area contributed by atoms with Gasteiger partial charge in [-0.25, -0.2) is 0 Å². The first-order chi connectivity index (χ1) is 14.5. The number of aryl methyl sites for hydroxylation is 2. The van der Waals surface area contributed by atoms with Gasteiger partial charge in [0.15, 0.2) is 6.61 Å². The van der Waals surface area contributed by atoms with E-state index >= 15 is 0 Å². The minimum Gasteiger partial charge on any atom is -0.483 e. The van der Waals surface area contributed by atoms with Gasteiger partial charge >= 0.3 is 0 Å². The Bertz CT molecular complexity index is 1040. The molecule has 4 rings (SSSR count). The normalized spacial score (nSPS) is 15.0. The second kappa shape index (κ2) is 8.90. The Hall–Kier alpha value is -2.83. The Morgan fingerprint density at radius 1 is 1.20 bits per heavy atom. The van der Waals surface area contributed by atoms with Crippen LogP contribution < -0.4 is 10.1 Å². The topological polar surface area (TPSA) is 66.7 Å². The molecule has 2 heterocycles. The van der Waals surface area contributed by atoms with E-state index in [1.807, 2.05) is 42.9 Å². The molecule has 0 unspecified atom stereocenters. The van der Waals surface area contributed by atoms with Gasteiger partial charge in [-0.1, -0.05) is 30.3 Å². The van der Waals surface area contributed by atoms with Crippen molar-refractivity contribution in [1.29, 1.82) is 0 Å². The molecule has 3 aromatic rings. The van der Waals surface area contributed by atoms with Gasteiger partial charge in [0.2, 0.25) is 0 Å². The fourth-order valence-corrected chi connectivity index (χ4v) is 4.25. The molecule has 2 aromatic carbocycles. The minimum atomic E-state index is -0.612. The summed E-state index contributed by atoms with van der Waals surface area (Å²) in [4.78, 5) is 14.5. The average Bonchev–Trinajstić information content (AvgIpc) is 3.05. The van der Waals surface area contributed by atoms with E-state index < -0.39 is 6.10 Å². The van der Waals surface area contributed by atoms with E-state index in [1.165, 1.54) is 11.1 Å². The number of carbonyl (C=O) groups excluding carboxylic acids is 1. The summed E-state index contributed by atoms with van der Waals surface area (Å²) in [6.45, 7) is 4.48. The summed E-state index contributed by atoms with van der Waals surface area (Å²) in [6, 6.07) is 14.3. The fourth-order valence-electron chi connectivity index (χ4n) is 4.25. The maximum Gasteiger partial charge on any atom is 0.258 e. The number of nitrogens with one attached hydrogen (secondary N) is 1. The van der Waals surface area contributed by atoms with Crippen molar-refractivity contribution in [1.82, 2.24) is 14.8 Å². The molecule has 2 N–H and O–H groups in total. The maximum atomic E-state index is 12.2. The van der Waals surface area contributed by atoms with Gasteiger partial charge in [0.05, 0.1) is 11.6 Å². The van der Waals surface area contributed by atoms with Crippen molar-refractivity contribution in [2.75, 3.05) is 26.2 Å². The van der Waals surface area contributed by atoms with Crippen molar-refractivity contribution in [3.8, 4) is 5.75 Å². The quantitative estimate of drug-likeness (QED) is 0.631. The summed E-state index contributed by atoms with van der Waals surface area (Å²) in [5, 5.41) is 14.2. The zero-order valence-corrected chi connectivity index (χ0v) is 17.6. The molecule has 1 aromatic heterocycles. The highest BCUT2D eigenvalue weighted by Gasteiger charge is 2.19. The number of aliphatic hydroxyl groups is 1.